The maximum atomic E-state index is 12.6. The van der Waals surface area contributed by atoms with Gasteiger partial charge in [-0.15, -0.1) is 0 Å². The van der Waals surface area contributed by atoms with Gasteiger partial charge < -0.3 is 0 Å². The topological polar surface area (TPSA) is 101 Å². The average molecular weight is 393 g/mol. The summed E-state index contributed by atoms with van der Waals surface area (Å²) in [6.45, 7) is 0. The van der Waals surface area contributed by atoms with E-state index in [9.17, 15) is 23.8 Å². The molecule has 2 aromatic carbocycles. The molecule has 0 bridgehead atoms. The summed E-state index contributed by atoms with van der Waals surface area (Å²) in [7, 11) is -4.29. The minimum Gasteiger partial charge on any atom is -0.258 e. The number of nitrogens with zero attached hydrogens (tertiary/aromatic N) is 2. The van der Waals surface area contributed by atoms with Crippen LogP contribution in [0.1, 0.15) is 5.56 Å². The molecule has 2 aromatic rings. The third kappa shape index (κ3) is 3.64. The average Bonchev–Trinajstić information content (AvgIpc) is 2.54. The van der Waals surface area contributed by atoms with Crippen LogP contribution in [0.25, 0.3) is 6.08 Å². The lowest BCUT2D eigenvalue weighted by Crippen LogP contribution is -2.06. The third-order valence-electron chi connectivity index (χ3n) is 2.92. The molecule has 0 radical (unpaired) electrons. The van der Waals surface area contributed by atoms with Crippen molar-refractivity contribution in [2.75, 3.05) is 0 Å². The minimum absolute atomic E-state index is 0.493. The number of nitriles is 1. The molecule has 0 spiro atoms. The van der Waals surface area contributed by atoms with Gasteiger partial charge in [-0.3, -0.25) is 10.1 Å². The monoisotopic (exact) mass is 392 g/mol. The quantitative estimate of drug-likeness (QED) is 0.448. The fourth-order valence-electron chi connectivity index (χ4n) is 1.83. The van der Waals surface area contributed by atoms with Crippen LogP contribution in [0.15, 0.2) is 62.8 Å². The highest BCUT2D eigenvalue weighted by molar-refractivity contribution is 9.10. The smallest absolute Gasteiger partial charge is 0.258 e. The van der Waals surface area contributed by atoms with E-state index in [4.69, 9.17) is 0 Å². The van der Waals surface area contributed by atoms with Crippen LogP contribution in [-0.4, -0.2) is 13.3 Å². The second-order valence-corrected chi connectivity index (χ2v) is 7.20. The highest BCUT2D eigenvalue weighted by atomic mass is 79.9. The van der Waals surface area contributed by atoms with Crippen LogP contribution in [-0.2, 0) is 9.84 Å². The van der Waals surface area contributed by atoms with Crippen molar-refractivity contribution in [2.24, 2.45) is 0 Å². The Kier molecular flexibility index (Phi) is 4.93. The van der Waals surface area contributed by atoms with Gasteiger partial charge in [0.1, 0.15) is 15.9 Å². The lowest BCUT2D eigenvalue weighted by Gasteiger charge is -2.04. The molecule has 0 aliphatic rings. The molecular weight excluding hydrogens is 384 g/mol. The van der Waals surface area contributed by atoms with E-state index in [1.807, 2.05) is 0 Å². The molecule has 2 rings (SSSR count). The van der Waals surface area contributed by atoms with Gasteiger partial charge in [-0.2, -0.15) is 5.26 Å². The molecule has 116 valence electrons. The van der Waals surface area contributed by atoms with Crippen LogP contribution in [0, 0.1) is 21.4 Å². The van der Waals surface area contributed by atoms with Crippen molar-refractivity contribution in [1.82, 2.24) is 0 Å². The Balaban J connectivity index is 2.59. The molecule has 0 amide bonds. The molecule has 6 nitrogen and oxygen atoms in total. The molecule has 0 aromatic heterocycles. The van der Waals surface area contributed by atoms with E-state index in [1.165, 1.54) is 18.2 Å². The molecule has 0 heterocycles. The van der Waals surface area contributed by atoms with E-state index in [1.54, 1.807) is 30.3 Å². The number of hydrogen-bond acceptors (Lipinski definition) is 5. The first-order chi connectivity index (χ1) is 10.9. The first-order valence-electron chi connectivity index (χ1n) is 6.22. The van der Waals surface area contributed by atoms with Gasteiger partial charge in [0.25, 0.3) is 5.69 Å². The Labute approximate surface area is 140 Å². The molecule has 0 N–H and O–H groups in total. The largest absolute Gasteiger partial charge is 0.288 e. The van der Waals surface area contributed by atoms with Crippen LogP contribution in [0.5, 0.6) is 0 Å². The zero-order valence-corrected chi connectivity index (χ0v) is 13.9. The highest BCUT2D eigenvalue weighted by Crippen LogP contribution is 2.29. The SMILES string of the molecule is N#C/C(=C/c1ccc(Br)cc1)S(=O)(=O)c1ccccc1[N+](=O)[O-]. The van der Waals surface area contributed by atoms with Crippen LogP contribution >= 0.6 is 15.9 Å². The van der Waals surface area contributed by atoms with Crippen LogP contribution in [0.4, 0.5) is 5.69 Å². The molecule has 23 heavy (non-hydrogen) atoms. The molecular formula is C15H9BrN2O4S. The van der Waals surface area contributed by atoms with E-state index in [0.29, 0.717) is 5.56 Å². The molecule has 0 saturated carbocycles. The molecule has 0 unspecified atom stereocenters. The zero-order valence-electron chi connectivity index (χ0n) is 11.5. The van der Waals surface area contributed by atoms with Gasteiger partial charge >= 0.3 is 0 Å². The van der Waals surface area contributed by atoms with Gasteiger partial charge in [0.05, 0.1) is 4.92 Å². The second-order valence-electron chi connectivity index (χ2n) is 4.40. The van der Waals surface area contributed by atoms with Gasteiger partial charge in [-0.05, 0) is 29.8 Å². The summed E-state index contributed by atoms with van der Waals surface area (Å²) in [5, 5.41) is 20.2. The molecule has 0 saturated heterocycles. The Morgan fingerprint density at radius 3 is 2.35 bits per heavy atom. The number of nitro groups is 1. The lowest BCUT2D eigenvalue weighted by atomic mass is 10.2. The zero-order chi connectivity index (χ0) is 17.0. The number of hydrogen-bond donors (Lipinski definition) is 0. The van der Waals surface area contributed by atoms with E-state index in [0.717, 1.165) is 16.6 Å². The Hall–Kier alpha value is -2.50. The van der Waals surface area contributed by atoms with Gasteiger partial charge in [0.2, 0.25) is 9.84 Å². The maximum Gasteiger partial charge on any atom is 0.288 e. The van der Waals surface area contributed by atoms with Crippen molar-refractivity contribution in [2.45, 2.75) is 4.90 Å². The summed E-state index contributed by atoms with van der Waals surface area (Å²) in [5.41, 5.74) is -0.0728. The predicted molar refractivity (Wildman–Crippen MR) is 88.0 cm³/mol. The molecule has 0 atom stereocenters. The van der Waals surface area contributed by atoms with E-state index >= 15 is 0 Å². The van der Waals surface area contributed by atoms with Crippen molar-refractivity contribution in [3.8, 4) is 6.07 Å². The number of rotatable bonds is 4. The Bertz CT molecular complexity index is 929. The van der Waals surface area contributed by atoms with Crippen molar-refractivity contribution >= 4 is 37.5 Å². The molecule has 0 aliphatic carbocycles. The van der Waals surface area contributed by atoms with Crippen molar-refractivity contribution < 1.29 is 13.3 Å². The Morgan fingerprint density at radius 1 is 1.17 bits per heavy atom. The fourth-order valence-corrected chi connectivity index (χ4v) is 3.42. The number of sulfone groups is 1. The lowest BCUT2D eigenvalue weighted by molar-refractivity contribution is -0.387. The van der Waals surface area contributed by atoms with Crippen molar-refractivity contribution in [1.29, 1.82) is 5.26 Å². The van der Waals surface area contributed by atoms with Crippen molar-refractivity contribution in [3.63, 3.8) is 0 Å². The van der Waals surface area contributed by atoms with E-state index in [-0.39, 0.29) is 0 Å². The minimum atomic E-state index is -4.29. The number of allylic oxidation sites excluding steroid dienone is 1. The number of para-hydroxylation sites is 1. The molecule has 8 heteroatoms. The van der Waals surface area contributed by atoms with Crippen LogP contribution in [0.2, 0.25) is 0 Å². The number of benzene rings is 2. The summed E-state index contributed by atoms with van der Waals surface area (Å²) < 4.78 is 25.9. The van der Waals surface area contributed by atoms with Crippen LogP contribution in [0.3, 0.4) is 0 Å². The Morgan fingerprint density at radius 2 is 1.78 bits per heavy atom. The van der Waals surface area contributed by atoms with Gasteiger partial charge in [-0.1, -0.05) is 40.2 Å². The van der Waals surface area contributed by atoms with E-state index in [2.05, 4.69) is 15.9 Å². The first-order valence-corrected chi connectivity index (χ1v) is 8.50. The van der Waals surface area contributed by atoms with Crippen LogP contribution < -0.4 is 0 Å². The first kappa shape index (κ1) is 16.9. The summed E-state index contributed by atoms with van der Waals surface area (Å²) in [6.07, 6.45) is 1.18. The fraction of sp³-hybridized carbons (Fsp3) is 0. The predicted octanol–water partition coefficient (Wildman–Crippen LogP) is 3.70. The summed E-state index contributed by atoms with van der Waals surface area (Å²) in [6, 6.07) is 13.2. The summed E-state index contributed by atoms with van der Waals surface area (Å²) in [5.74, 6) is 0. The van der Waals surface area contributed by atoms with Gasteiger partial charge in [-0.25, -0.2) is 8.42 Å². The highest BCUT2D eigenvalue weighted by Gasteiger charge is 2.29. The normalized spacial score (nSPS) is 11.7. The van der Waals surface area contributed by atoms with E-state index < -0.39 is 30.2 Å². The second kappa shape index (κ2) is 6.73. The summed E-state index contributed by atoms with van der Waals surface area (Å²) in [4.78, 5) is 9.15. The van der Waals surface area contributed by atoms with Gasteiger partial charge in [0.15, 0.2) is 0 Å². The third-order valence-corrected chi connectivity index (χ3v) is 5.16. The standard InChI is InChI=1S/C15H9BrN2O4S/c16-12-7-5-11(6-8-12)9-13(10-17)23(21,22)15-4-2-1-3-14(15)18(19)20/h1-9H/b13-9-. The van der Waals surface area contributed by atoms with Gasteiger partial charge in [0, 0.05) is 10.5 Å². The maximum absolute atomic E-state index is 12.6. The summed E-state index contributed by atoms with van der Waals surface area (Å²) >= 11 is 3.25. The molecule has 0 fully saturated rings. The number of halogens is 1. The molecule has 0 aliphatic heterocycles. The number of nitro benzene ring substituents is 1. The van der Waals surface area contributed by atoms with Crippen molar-refractivity contribution in [3.05, 3.63) is 73.6 Å².